The van der Waals surface area contributed by atoms with Gasteiger partial charge in [0.15, 0.2) is 11.5 Å². The van der Waals surface area contributed by atoms with Gasteiger partial charge in [-0.05, 0) is 17.7 Å². The van der Waals surface area contributed by atoms with Crippen molar-refractivity contribution in [2.24, 2.45) is 5.73 Å². The van der Waals surface area contributed by atoms with Crippen molar-refractivity contribution in [3.05, 3.63) is 22.2 Å². The van der Waals surface area contributed by atoms with Crippen molar-refractivity contribution in [2.75, 3.05) is 6.54 Å². The van der Waals surface area contributed by atoms with Gasteiger partial charge in [0.1, 0.15) is 0 Å². The first-order chi connectivity index (χ1) is 6.38. The quantitative estimate of drug-likeness (QED) is 0.713. The Balaban J connectivity index is 3.29. The Morgan fingerprint density at radius 2 is 1.79 bits per heavy atom. The fourth-order valence-corrected chi connectivity index (χ4v) is 2.05. The minimum atomic E-state index is -0.232. The van der Waals surface area contributed by atoms with Gasteiger partial charge in [0, 0.05) is 16.4 Å². The van der Waals surface area contributed by atoms with E-state index in [0.717, 1.165) is 10.0 Å². The lowest BCUT2D eigenvalue weighted by Crippen LogP contribution is -2.28. The molecule has 0 fully saturated rings. The summed E-state index contributed by atoms with van der Waals surface area (Å²) >= 11 is 3.33. The molecule has 0 saturated carbocycles. The maximum Gasteiger partial charge on any atom is 0.158 e. The van der Waals surface area contributed by atoms with Crippen LogP contribution in [0.1, 0.15) is 19.4 Å². The van der Waals surface area contributed by atoms with Crippen molar-refractivity contribution in [1.82, 2.24) is 0 Å². The molecule has 0 aromatic heterocycles. The molecule has 0 atom stereocenters. The van der Waals surface area contributed by atoms with Crippen LogP contribution in [0.4, 0.5) is 0 Å². The maximum atomic E-state index is 9.37. The van der Waals surface area contributed by atoms with E-state index in [1.807, 2.05) is 13.8 Å². The molecule has 4 heteroatoms. The second kappa shape index (κ2) is 3.79. The summed E-state index contributed by atoms with van der Waals surface area (Å²) in [5.74, 6) is -0.252. The standard InChI is InChI=1S/C10H14BrNO2/c1-10(2,5-12)6-3-8(13)9(14)4-7(6)11/h3-4,13-14H,5,12H2,1-2H3. The van der Waals surface area contributed by atoms with Gasteiger partial charge in [-0.25, -0.2) is 0 Å². The van der Waals surface area contributed by atoms with Crippen LogP contribution in [0.5, 0.6) is 11.5 Å². The number of benzene rings is 1. The summed E-state index contributed by atoms with van der Waals surface area (Å²) in [5, 5.41) is 18.6. The van der Waals surface area contributed by atoms with E-state index >= 15 is 0 Å². The molecule has 1 aromatic rings. The average Bonchev–Trinajstić information content (AvgIpc) is 2.11. The Morgan fingerprint density at radius 3 is 2.29 bits per heavy atom. The van der Waals surface area contributed by atoms with E-state index in [1.54, 1.807) is 0 Å². The van der Waals surface area contributed by atoms with E-state index in [1.165, 1.54) is 12.1 Å². The van der Waals surface area contributed by atoms with E-state index in [0.29, 0.717) is 6.54 Å². The summed E-state index contributed by atoms with van der Waals surface area (Å²) in [6.45, 7) is 4.42. The lowest BCUT2D eigenvalue weighted by atomic mass is 9.85. The maximum absolute atomic E-state index is 9.37. The first-order valence-corrected chi connectivity index (χ1v) is 5.10. The van der Waals surface area contributed by atoms with Gasteiger partial charge in [-0.2, -0.15) is 0 Å². The molecule has 0 aliphatic heterocycles. The molecule has 0 heterocycles. The van der Waals surface area contributed by atoms with Gasteiger partial charge >= 0.3 is 0 Å². The van der Waals surface area contributed by atoms with Crippen LogP contribution in [0.3, 0.4) is 0 Å². The Kier molecular flexibility index (Phi) is 3.07. The summed E-state index contributed by atoms with van der Waals surface area (Å²) in [6, 6.07) is 3.01. The molecule has 0 aliphatic rings. The highest BCUT2D eigenvalue weighted by molar-refractivity contribution is 9.10. The predicted molar refractivity (Wildman–Crippen MR) is 59.6 cm³/mol. The smallest absolute Gasteiger partial charge is 0.158 e. The summed E-state index contributed by atoms with van der Waals surface area (Å²) in [5.41, 5.74) is 6.28. The number of aromatic hydroxyl groups is 2. The number of halogens is 1. The molecule has 14 heavy (non-hydrogen) atoms. The molecule has 0 unspecified atom stereocenters. The first kappa shape index (κ1) is 11.3. The van der Waals surface area contributed by atoms with Crippen molar-refractivity contribution in [1.29, 1.82) is 0 Å². The van der Waals surface area contributed by atoms with E-state index < -0.39 is 0 Å². The van der Waals surface area contributed by atoms with Crippen LogP contribution in [0.15, 0.2) is 16.6 Å². The summed E-state index contributed by atoms with van der Waals surface area (Å²) in [7, 11) is 0. The van der Waals surface area contributed by atoms with Gasteiger partial charge in [-0.15, -0.1) is 0 Å². The van der Waals surface area contributed by atoms with Crippen LogP contribution in [-0.4, -0.2) is 16.8 Å². The van der Waals surface area contributed by atoms with Crippen LogP contribution >= 0.6 is 15.9 Å². The molecule has 1 aromatic carbocycles. The van der Waals surface area contributed by atoms with Gasteiger partial charge < -0.3 is 15.9 Å². The number of phenolic OH excluding ortho intramolecular Hbond substituents is 2. The summed E-state index contributed by atoms with van der Waals surface area (Å²) in [4.78, 5) is 0. The minimum absolute atomic E-state index is 0.121. The van der Waals surface area contributed by atoms with Gasteiger partial charge in [-0.1, -0.05) is 29.8 Å². The molecule has 3 nitrogen and oxygen atoms in total. The highest BCUT2D eigenvalue weighted by Gasteiger charge is 2.22. The molecule has 1 rings (SSSR count). The number of hydrogen-bond donors (Lipinski definition) is 3. The van der Waals surface area contributed by atoms with Crippen molar-refractivity contribution < 1.29 is 10.2 Å². The number of hydrogen-bond acceptors (Lipinski definition) is 3. The van der Waals surface area contributed by atoms with Crippen LogP contribution in [-0.2, 0) is 5.41 Å². The molecular formula is C10H14BrNO2. The van der Waals surface area contributed by atoms with Gasteiger partial charge in [0.05, 0.1) is 0 Å². The first-order valence-electron chi connectivity index (χ1n) is 4.30. The molecule has 0 aliphatic carbocycles. The third kappa shape index (κ3) is 2.01. The highest BCUT2D eigenvalue weighted by Crippen LogP contribution is 2.37. The van der Waals surface area contributed by atoms with Crippen molar-refractivity contribution in [2.45, 2.75) is 19.3 Å². The SMILES string of the molecule is CC(C)(CN)c1cc(O)c(O)cc1Br. The zero-order chi connectivity index (χ0) is 10.9. The fourth-order valence-electron chi connectivity index (χ4n) is 1.18. The topological polar surface area (TPSA) is 66.5 Å². The normalized spacial score (nSPS) is 11.7. The molecule has 0 bridgehead atoms. The summed E-state index contributed by atoms with van der Waals surface area (Å²) in [6.07, 6.45) is 0. The van der Waals surface area contributed by atoms with E-state index in [2.05, 4.69) is 15.9 Å². The van der Waals surface area contributed by atoms with E-state index in [4.69, 9.17) is 5.73 Å². The number of nitrogens with two attached hydrogens (primary N) is 1. The summed E-state index contributed by atoms with van der Waals surface area (Å²) < 4.78 is 0.753. The molecule has 0 saturated heterocycles. The zero-order valence-electron chi connectivity index (χ0n) is 8.21. The molecule has 78 valence electrons. The Bertz CT molecular complexity index is 350. The zero-order valence-corrected chi connectivity index (χ0v) is 9.80. The molecule has 0 amide bonds. The average molecular weight is 260 g/mol. The lowest BCUT2D eigenvalue weighted by Gasteiger charge is -2.24. The van der Waals surface area contributed by atoms with Crippen molar-refractivity contribution in [3.8, 4) is 11.5 Å². The molecule has 0 spiro atoms. The van der Waals surface area contributed by atoms with Crippen LogP contribution in [0, 0.1) is 0 Å². The monoisotopic (exact) mass is 259 g/mol. The van der Waals surface area contributed by atoms with Gasteiger partial charge in [-0.3, -0.25) is 0 Å². The Hall–Kier alpha value is -0.740. The van der Waals surface area contributed by atoms with Crippen LogP contribution < -0.4 is 5.73 Å². The largest absolute Gasteiger partial charge is 0.504 e. The van der Waals surface area contributed by atoms with Crippen molar-refractivity contribution in [3.63, 3.8) is 0 Å². The van der Waals surface area contributed by atoms with Gasteiger partial charge in [0.25, 0.3) is 0 Å². The highest BCUT2D eigenvalue weighted by atomic mass is 79.9. The third-order valence-electron chi connectivity index (χ3n) is 2.30. The Morgan fingerprint density at radius 1 is 1.29 bits per heavy atom. The number of rotatable bonds is 2. The second-order valence-corrected chi connectivity index (χ2v) is 4.76. The van der Waals surface area contributed by atoms with Crippen LogP contribution in [0.2, 0.25) is 0 Å². The molecular weight excluding hydrogens is 246 g/mol. The van der Waals surface area contributed by atoms with Crippen molar-refractivity contribution >= 4 is 15.9 Å². The van der Waals surface area contributed by atoms with Crippen LogP contribution in [0.25, 0.3) is 0 Å². The third-order valence-corrected chi connectivity index (χ3v) is 2.96. The second-order valence-electron chi connectivity index (χ2n) is 3.91. The van der Waals surface area contributed by atoms with E-state index in [-0.39, 0.29) is 16.9 Å². The predicted octanol–water partition coefficient (Wildman–Crippen LogP) is 2.10. The fraction of sp³-hybridized carbons (Fsp3) is 0.400. The van der Waals surface area contributed by atoms with Gasteiger partial charge in [0.2, 0.25) is 0 Å². The van der Waals surface area contributed by atoms with E-state index in [9.17, 15) is 10.2 Å². The lowest BCUT2D eigenvalue weighted by molar-refractivity contribution is 0.400. The molecule has 4 N–H and O–H groups in total. The number of phenols is 2. The molecule has 0 radical (unpaired) electrons. The minimum Gasteiger partial charge on any atom is -0.504 e. The Labute approximate surface area is 91.7 Å².